The lowest BCUT2D eigenvalue weighted by Gasteiger charge is -2.16. The number of rotatable bonds is 6. The van der Waals surface area contributed by atoms with E-state index in [-0.39, 0.29) is 22.0 Å². The molecule has 0 radical (unpaired) electrons. The number of pyridine rings is 1. The number of nitrogens with zero attached hydrogens (tertiary/aromatic N) is 1. The van der Waals surface area contributed by atoms with Gasteiger partial charge < -0.3 is 10.4 Å². The lowest BCUT2D eigenvalue weighted by molar-refractivity contribution is -0.139. The fourth-order valence-electron chi connectivity index (χ4n) is 3.56. The molecule has 34 heavy (non-hydrogen) atoms. The number of carbonyl (C=O) groups excluding carboxylic acids is 1. The number of hydrogen-bond acceptors (Lipinski definition) is 3. The Hall–Kier alpha value is -2.83. The molecule has 3 aromatic carbocycles. The lowest BCUT2D eigenvalue weighted by atomic mass is 10.0. The second-order valence-electron chi connectivity index (χ2n) is 7.49. The van der Waals surface area contributed by atoms with Crippen LogP contribution in [0.4, 0.5) is 0 Å². The van der Waals surface area contributed by atoms with Gasteiger partial charge in [0, 0.05) is 17.4 Å². The molecule has 0 aliphatic rings. The normalized spacial score (nSPS) is 11.9. The number of aromatic nitrogens is 1. The number of fused-ring (bicyclic) bond motifs is 1. The fraction of sp³-hybridized carbons (Fsp3) is 0.0800. The number of carboxylic acid groups (broad SMARTS) is 1. The van der Waals surface area contributed by atoms with Crippen LogP contribution in [-0.4, -0.2) is 28.0 Å². The number of halogens is 4. The second kappa shape index (κ2) is 10.2. The van der Waals surface area contributed by atoms with Crippen molar-refractivity contribution in [2.45, 2.75) is 12.5 Å². The molecule has 0 saturated heterocycles. The first-order chi connectivity index (χ1) is 16.2. The van der Waals surface area contributed by atoms with Crippen LogP contribution in [0, 0.1) is 0 Å². The number of benzene rings is 3. The SMILES string of the molecule is O=C(N[C@@H](Cc1ccc2nc(-c3c(Cl)cccc3Cl)ccc2c1)C(=O)O)c1c(Cl)cccc1Cl. The topological polar surface area (TPSA) is 79.3 Å². The molecule has 0 fully saturated rings. The van der Waals surface area contributed by atoms with Crippen LogP contribution in [0.1, 0.15) is 15.9 Å². The second-order valence-corrected chi connectivity index (χ2v) is 9.11. The van der Waals surface area contributed by atoms with E-state index in [1.807, 2.05) is 12.1 Å². The van der Waals surface area contributed by atoms with Gasteiger partial charge in [0.15, 0.2) is 0 Å². The summed E-state index contributed by atoms with van der Waals surface area (Å²) < 4.78 is 0. The van der Waals surface area contributed by atoms with E-state index < -0.39 is 17.9 Å². The first-order valence-corrected chi connectivity index (χ1v) is 11.6. The van der Waals surface area contributed by atoms with Crippen molar-refractivity contribution in [2.75, 3.05) is 0 Å². The summed E-state index contributed by atoms with van der Waals surface area (Å²) in [4.78, 5) is 29.2. The standard InChI is InChI=1S/C25H16Cl4N2O3/c26-15-3-1-4-16(27)22(15)20-10-8-14-11-13(7-9-19(14)30-20)12-21(25(33)34)31-24(32)23-17(28)5-2-6-18(23)29/h1-11,21H,12H2,(H,31,32)(H,33,34)/t21-/m0/s1. The molecule has 1 heterocycles. The minimum atomic E-state index is -1.19. The van der Waals surface area contributed by atoms with E-state index in [1.165, 1.54) is 12.1 Å². The van der Waals surface area contributed by atoms with E-state index in [9.17, 15) is 14.7 Å². The van der Waals surface area contributed by atoms with E-state index in [0.29, 0.717) is 32.4 Å². The Labute approximate surface area is 215 Å². The Bertz CT molecular complexity index is 1380. The van der Waals surface area contributed by atoms with Gasteiger partial charge in [0.2, 0.25) is 0 Å². The van der Waals surface area contributed by atoms with Crippen molar-refractivity contribution in [3.63, 3.8) is 0 Å². The molecular formula is C25H16Cl4N2O3. The van der Waals surface area contributed by atoms with Gasteiger partial charge in [-0.25, -0.2) is 9.78 Å². The molecule has 5 nitrogen and oxygen atoms in total. The monoisotopic (exact) mass is 532 g/mol. The van der Waals surface area contributed by atoms with Gasteiger partial charge in [-0.2, -0.15) is 0 Å². The molecule has 0 unspecified atom stereocenters. The van der Waals surface area contributed by atoms with Gasteiger partial charge in [-0.15, -0.1) is 0 Å². The summed E-state index contributed by atoms with van der Waals surface area (Å²) in [5.41, 5.74) is 2.70. The maximum atomic E-state index is 12.7. The summed E-state index contributed by atoms with van der Waals surface area (Å²) in [7, 11) is 0. The largest absolute Gasteiger partial charge is 0.480 e. The highest BCUT2D eigenvalue weighted by molar-refractivity contribution is 6.40. The molecule has 172 valence electrons. The summed E-state index contributed by atoms with van der Waals surface area (Å²) >= 11 is 24.7. The highest BCUT2D eigenvalue weighted by atomic mass is 35.5. The summed E-state index contributed by atoms with van der Waals surface area (Å²) in [5, 5.41) is 14.2. The Morgan fingerprint density at radius 2 is 1.47 bits per heavy atom. The van der Waals surface area contributed by atoms with Crippen LogP contribution < -0.4 is 5.32 Å². The number of carbonyl (C=O) groups is 2. The van der Waals surface area contributed by atoms with Crippen LogP contribution in [0.25, 0.3) is 22.2 Å². The van der Waals surface area contributed by atoms with Crippen molar-refractivity contribution < 1.29 is 14.7 Å². The highest BCUT2D eigenvalue weighted by Crippen LogP contribution is 2.34. The maximum Gasteiger partial charge on any atom is 0.326 e. The van der Waals surface area contributed by atoms with Gasteiger partial charge in [-0.1, -0.05) is 70.7 Å². The van der Waals surface area contributed by atoms with Crippen molar-refractivity contribution in [3.05, 3.63) is 97.9 Å². The molecule has 1 atom stereocenters. The Morgan fingerprint density at radius 1 is 0.853 bits per heavy atom. The van der Waals surface area contributed by atoms with E-state index in [0.717, 1.165) is 5.39 Å². The zero-order chi connectivity index (χ0) is 24.4. The zero-order valence-corrected chi connectivity index (χ0v) is 20.4. The first-order valence-electron chi connectivity index (χ1n) is 10.1. The molecule has 0 aliphatic carbocycles. The van der Waals surface area contributed by atoms with Gasteiger partial charge in [0.25, 0.3) is 5.91 Å². The predicted octanol–water partition coefficient (Wildman–Crippen LogP) is 6.94. The van der Waals surface area contributed by atoms with Gasteiger partial charge >= 0.3 is 5.97 Å². The highest BCUT2D eigenvalue weighted by Gasteiger charge is 2.24. The van der Waals surface area contributed by atoms with E-state index in [2.05, 4.69) is 10.3 Å². The van der Waals surface area contributed by atoms with Gasteiger partial charge in [-0.05, 0) is 48.0 Å². The molecule has 2 N–H and O–H groups in total. The fourth-order valence-corrected chi connectivity index (χ4v) is 4.72. The van der Waals surface area contributed by atoms with Gasteiger partial charge in [-0.3, -0.25) is 4.79 Å². The summed E-state index contributed by atoms with van der Waals surface area (Å²) in [5.74, 6) is -1.84. The molecule has 9 heteroatoms. The Balaban J connectivity index is 1.59. The van der Waals surface area contributed by atoms with Crippen molar-refractivity contribution in [3.8, 4) is 11.3 Å². The third-order valence-corrected chi connectivity index (χ3v) is 6.47. The molecule has 0 aliphatic heterocycles. The quantitative estimate of drug-likeness (QED) is 0.281. The molecule has 0 bridgehead atoms. The maximum absolute atomic E-state index is 12.7. The third kappa shape index (κ3) is 5.13. The number of aliphatic carboxylic acids is 1. The molecule has 1 aromatic heterocycles. The molecule has 0 saturated carbocycles. The van der Waals surface area contributed by atoms with E-state index >= 15 is 0 Å². The minimum Gasteiger partial charge on any atom is -0.480 e. The van der Waals surface area contributed by atoms with Crippen LogP contribution in [0.15, 0.2) is 66.7 Å². The van der Waals surface area contributed by atoms with Crippen molar-refractivity contribution >= 4 is 69.2 Å². The van der Waals surface area contributed by atoms with Gasteiger partial charge in [0.05, 0.1) is 36.9 Å². The molecule has 4 rings (SSSR count). The number of nitrogens with one attached hydrogen (secondary N) is 1. The van der Waals surface area contributed by atoms with E-state index in [1.54, 1.807) is 42.5 Å². The Kier molecular flexibility index (Phi) is 7.29. The molecule has 0 spiro atoms. The summed E-state index contributed by atoms with van der Waals surface area (Å²) in [6.07, 6.45) is 0.0528. The molecule has 1 amide bonds. The van der Waals surface area contributed by atoms with Crippen LogP contribution >= 0.6 is 46.4 Å². The zero-order valence-electron chi connectivity index (χ0n) is 17.4. The minimum absolute atomic E-state index is 0.0329. The number of amides is 1. The van der Waals surface area contributed by atoms with Crippen LogP contribution in [-0.2, 0) is 11.2 Å². The first kappa shape index (κ1) is 24.3. The average molecular weight is 534 g/mol. The van der Waals surface area contributed by atoms with Crippen molar-refractivity contribution in [1.82, 2.24) is 10.3 Å². The molecular weight excluding hydrogens is 518 g/mol. The summed E-state index contributed by atoms with van der Waals surface area (Å²) in [6, 6.07) is 17.7. The van der Waals surface area contributed by atoms with Crippen LogP contribution in [0.5, 0.6) is 0 Å². The summed E-state index contributed by atoms with van der Waals surface area (Å²) in [6.45, 7) is 0. The van der Waals surface area contributed by atoms with Gasteiger partial charge in [0.1, 0.15) is 6.04 Å². The third-order valence-electron chi connectivity index (χ3n) is 5.21. The van der Waals surface area contributed by atoms with E-state index in [4.69, 9.17) is 46.4 Å². The number of hydrogen-bond donors (Lipinski definition) is 2. The Morgan fingerprint density at radius 3 is 2.09 bits per heavy atom. The van der Waals surface area contributed by atoms with Crippen molar-refractivity contribution in [2.24, 2.45) is 0 Å². The van der Waals surface area contributed by atoms with Crippen LogP contribution in [0.2, 0.25) is 20.1 Å². The smallest absolute Gasteiger partial charge is 0.326 e. The number of carboxylic acids is 1. The molecule has 4 aromatic rings. The lowest BCUT2D eigenvalue weighted by Crippen LogP contribution is -2.42. The van der Waals surface area contributed by atoms with Crippen LogP contribution in [0.3, 0.4) is 0 Å². The predicted molar refractivity (Wildman–Crippen MR) is 136 cm³/mol. The van der Waals surface area contributed by atoms with Crippen molar-refractivity contribution in [1.29, 1.82) is 0 Å². The average Bonchev–Trinajstić information content (AvgIpc) is 2.78.